The summed E-state index contributed by atoms with van der Waals surface area (Å²) in [5, 5.41) is 13.6. The molecule has 2 heterocycles. The molecule has 1 aromatic heterocycles. The Labute approximate surface area is 184 Å². The minimum absolute atomic E-state index is 0.0750. The van der Waals surface area contributed by atoms with E-state index in [9.17, 15) is 9.59 Å². The molecule has 0 unspecified atom stereocenters. The maximum Gasteiger partial charge on any atom is 0.410 e. The Morgan fingerprint density at radius 2 is 1.94 bits per heavy atom. The number of nitrogens with zero attached hydrogens (tertiary/aromatic N) is 5. The molecule has 32 heavy (non-hydrogen) atoms. The molecule has 1 aliphatic heterocycles. The fraction of sp³-hybridized carbons (Fsp3) is 0.318. The summed E-state index contributed by atoms with van der Waals surface area (Å²) in [7, 11) is 0. The van der Waals surface area contributed by atoms with E-state index in [4.69, 9.17) is 4.74 Å². The standard InChI is InChI=1S/C22H23FN6O3/c1-22(2,3)32-21(31)28-11-10-15-14(12-28)8-9-17(19(15)23)25-20(30)16-6-4-5-7-18(16)29-13-24-26-27-29/h4-9,13H,10-12H2,1-3H3,(H,25,30). The topological polar surface area (TPSA) is 102 Å². The molecule has 10 heteroatoms. The van der Waals surface area contributed by atoms with Gasteiger partial charge < -0.3 is 15.0 Å². The lowest BCUT2D eigenvalue weighted by Crippen LogP contribution is -2.40. The number of hydrogen-bond donors (Lipinski definition) is 1. The van der Waals surface area contributed by atoms with Crippen molar-refractivity contribution in [2.75, 3.05) is 11.9 Å². The van der Waals surface area contributed by atoms with Crippen LogP contribution in [-0.2, 0) is 17.7 Å². The van der Waals surface area contributed by atoms with Crippen LogP contribution >= 0.6 is 0 Å². The van der Waals surface area contributed by atoms with Gasteiger partial charge in [0.25, 0.3) is 5.91 Å². The highest BCUT2D eigenvalue weighted by Gasteiger charge is 2.28. The SMILES string of the molecule is CC(C)(C)OC(=O)N1CCc2c(ccc(NC(=O)c3ccccc3-n3cnnn3)c2F)C1. The number of carbonyl (C=O) groups excluding carboxylic acids is 2. The molecule has 2 aromatic carbocycles. The third-order valence-electron chi connectivity index (χ3n) is 4.98. The Morgan fingerprint density at radius 1 is 1.16 bits per heavy atom. The molecular weight excluding hydrogens is 415 g/mol. The first-order valence-electron chi connectivity index (χ1n) is 10.1. The Bertz CT molecular complexity index is 1160. The molecule has 0 bridgehead atoms. The van der Waals surface area contributed by atoms with Crippen molar-refractivity contribution in [3.05, 3.63) is 65.2 Å². The fourth-order valence-electron chi connectivity index (χ4n) is 3.52. The number of halogens is 1. The summed E-state index contributed by atoms with van der Waals surface area (Å²) in [6.45, 7) is 5.98. The number of para-hydroxylation sites is 1. The number of ether oxygens (including phenoxy) is 1. The van der Waals surface area contributed by atoms with Gasteiger partial charge >= 0.3 is 6.09 Å². The Kier molecular flexibility index (Phi) is 5.60. The Hall–Kier alpha value is -3.82. The zero-order valence-corrected chi connectivity index (χ0v) is 18.0. The minimum Gasteiger partial charge on any atom is -0.444 e. The van der Waals surface area contributed by atoms with Gasteiger partial charge in [-0.2, -0.15) is 4.68 Å². The highest BCUT2D eigenvalue weighted by atomic mass is 19.1. The number of hydrogen-bond acceptors (Lipinski definition) is 6. The summed E-state index contributed by atoms with van der Waals surface area (Å²) in [5.74, 6) is -0.985. The molecule has 0 spiro atoms. The minimum atomic E-state index is -0.602. The van der Waals surface area contributed by atoms with Gasteiger partial charge in [-0.3, -0.25) is 4.79 Å². The van der Waals surface area contributed by atoms with Gasteiger partial charge in [-0.05, 0) is 66.9 Å². The number of aromatic nitrogens is 4. The van der Waals surface area contributed by atoms with E-state index in [-0.39, 0.29) is 12.2 Å². The van der Waals surface area contributed by atoms with Crippen LogP contribution < -0.4 is 5.32 Å². The van der Waals surface area contributed by atoms with Gasteiger partial charge in [0, 0.05) is 13.1 Å². The summed E-state index contributed by atoms with van der Waals surface area (Å²) < 4.78 is 22.0. The van der Waals surface area contributed by atoms with Crippen LogP contribution in [0.5, 0.6) is 0 Å². The molecule has 3 aromatic rings. The molecular formula is C22H23FN6O3. The van der Waals surface area contributed by atoms with E-state index in [0.717, 1.165) is 0 Å². The molecule has 4 rings (SSSR count). The van der Waals surface area contributed by atoms with Gasteiger partial charge in [-0.25, -0.2) is 9.18 Å². The molecule has 0 atom stereocenters. The number of anilines is 1. The molecule has 1 N–H and O–H groups in total. The highest BCUT2D eigenvalue weighted by molar-refractivity contribution is 6.06. The van der Waals surface area contributed by atoms with Crippen LogP contribution in [0.3, 0.4) is 0 Å². The lowest BCUT2D eigenvalue weighted by molar-refractivity contribution is 0.0223. The predicted octanol–water partition coefficient (Wildman–Crippen LogP) is 3.35. The van der Waals surface area contributed by atoms with Gasteiger partial charge in [0.1, 0.15) is 17.7 Å². The summed E-state index contributed by atoms with van der Waals surface area (Å²) in [5.41, 5.74) is 1.42. The second-order valence-electron chi connectivity index (χ2n) is 8.44. The van der Waals surface area contributed by atoms with Gasteiger partial charge in [0.05, 0.1) is 16.9 Å². The van der Waals surface area contributed by atoms with Crippen molar-refractivity contribution in [2.24, 2.45) is 0 Å². The average molecular weight is 438 g/mol. The van der Waals surface area contributed by atoms with E-state index in [1.54, 1.807) is 56.0 Å². The largest absolute Gasteiger partial charge is 0.444 e. The number of benzene rings is 2. The first kappa shape index (κ1) is 21.4. The maximum absolute atomic E-state index is 15.2. The molecule has 0 saturated carbocycles. The molecule has 0 aliphatic carbocycles. The van der Waals surface area contributed by atoms with Gasteiger partial charge in [0.2, 0.25) is 0 Å². The summed E-state index contributed by atoms with van der Waals surface area (Å²) in [4.78, 5) is 26.8. The molecule has 9 nitrogen and oxygen atoms in total. The normalized spacial score (nSPS) is 13.4. The monoisotopic (exact) mass is 438 g/mol. The van der Waals surface area contributed by atoms with Crippen LogP contribution in [0.1, 0.15) is 42.3 Å². The number of nitrogens with one attached hydrogen (secondary N) is 1. The Morgan fingerprint density at radius 3 is 2.66 bits per heavy atom. The number of rotatable bonds is 3. The molecule has 0 saturated heterocycles. The third kappa shape index (κ3) is 4.43. The zero-order chi connectivity index (χ0) is 22.9. The van der Waals surface area contributed by atoms with Crippen molar-refractivity contribution in [1.29, 1.82) is 0 Å². The first-order chi connectivity index (χ1) is 15.2. The molecule has 0 radical (unpaired) electrons. The molecule has 1 aliphatic rings. The lowest BCUT2D eigenvalue weighted by Gasteiger charge is -2.31. The summed E-state index contributed by atoms with van der Waals surface area (Å²) in [6, 6.07) is 9.99. The van der Waals surface area contributed by atoms with Crippen molar-refractivity contribution >= 4 is 17.7 Å². The number of fused-ring (bicyclic) bond motifs is 1. The maximum atomic E-state index is 15.2. The Balaban J connectivity index is 1.53. The molecule has 166 valence electrons. The molecule has 2 amide bonds. The van der Waals surface area contributed by atoms with E-state index >= 15 is 4.39 Å². The van der Waals surface area contributed by atoms with Crippen molar-refractivity contribution in [3.63, 3.8) is 0 Å². The molecule has 0 fully saturated rings. The van der Waals surface area contributed by atoms with Crippen LogP contribution in [0, 0.1) is 5.82 Å². The predicted molar refractivity (Wildman–Crippen MR) is 114 cm³/mol. The average Bonchev–Trinajstić information content (AvgIpc) is 3.29. The smallest absolute Gasteiger partial charge is 0.410 e. The van der Waals surface area contributed by atoms with Crippen molar-refractivity contribution in [1.82, 2.24) is 25.1 Å². The third-order valence-corrected chi connectivity index (χ3v) is 4.98. The lowest BCUT2D eigenvalue weighted by atomic mass is 9.98. The van der Waals surface area contributed by atoms with E-state index < -0.39 is 23.4 Å². The first-order valence-corrected chi connectivity index (χ1v) is 10.1. The van der Waals surface area contributed by atoms with Crippen molar-refractivity contribution in [2.45, 2.75) is 39.3 Å². The number of carbonyl (C=O) groups is 2. The van der Waals surface area contributed by atoms with Gasteiger partial charge in [-0.15, -0.1) is 5.10 Å². The van der Waals surface area contributed by atoms with Crippen LogP contribution in [-0.4, -0.2) is 49.3 Å². The van der Waals surface area contributed by atoms with Gasteiger partial charge in [0.15, 0.2) is 0 Å². The number of tetrazole rings is 1. The zero-order valence-electron chi connectivity index (χ0n) is 18.0. The fourth-order valence-corrected chi connectivity index (χ4v) is 3.52. The van der Waals surface area contributed by atoms with Crippen LogP contribution in [0.4, 0.5) is 14.9 Å². The van der Waals surface area contributed by atoms with Crippen molar-refractivity contribution < 1.29 is 18.7 Å². The number of amides is 2. The quantitative estimate of drug-likeness (QED) is 0.673. The summed E-state index contributed by atoms with van der Waals surface area (Å²) in [6.07, 6.45) is 1.27. The van der Waals surface area contributed by atoms with Crippen molar-refractivity contribution in [3.8, 4) is 5.69 Å². The van der Waals surface area contributed by atoms with Crippen LogP contribution in [0.15, 0.2) is 42.7 Å². The van der Waals surface area contributed by atoms with E-state index in [0.29, 0.717) is 35.3 Å². The second kappa shape index (κ2) is 8.37. The van der Waals surface area contributed by atoms with Crippen LogP contribution in [0.2, 0.25) is 0 Å². The van der Waals surface area contributed by atoms with E-state index in [1.165, 1.54) is 17.1 Å². The second-order valence-corrected chi connectivity index (χ2v) is 8.44. The van der Waals surface area contributed by atoms with E-state index in [2.05, 4.69) is 20.8 Å². The van der Waals surface area contributed by atoms with E-state index in [1.807, 2.05) is 0 Å². The highest BCUT2D eigenvalue weighted by Crippen LogP contribution is 2.28. The van der Waals surface area contributed by atoms with Crippen LogP contribution in [0.25, 0.3) is 5.69 Å². The summed E-state index contributed by atoms with van der Waals surface area (Å²) >= 11 is 0. The van der Waals surface area contributed by atoms with Gasteiger partial charge in [-0.1, -0.05) is 18.2 Å².